The van der Waals surface area contributed by atoms with E-state index in [-0.39, 0.29) is 11.6 Å². The van der Waals surface area contributed by atoms with Crippen LogP contribution in [0.15, 0.2) is 150 Å². The topological polar surface area (TPSA) is 114 Å². The summed E-state index contributed by atoms with van der Waals surface area (Å²) in [6.07, 6.45) is 4.03. The highest BCUT2D eigenvalue weighted by molar-refractivity contribution is 8.00. The van der Waals surface area contributed by atoms with E-state index in [1.165, 1.54) is 35.8 Å². The van der Waals surface area contributed by atoms with Crippen molar-refractivity contribution < 1.29 is 23.9 Å². The Hall–Kier alpha value is -6.23. The Morgan fingerprint density at radius 3 is 2.21 bits per heavy atom. The summed E-state index contributed by atoms with van der Waals surface area (Å²) in [6.45, 7) is 1.94. The summed E-state index contributed by atoms with van der Waals surface area (Å²) in [7, 11) is 1.36. The van der Waals surface area contributed by atoms with Crippen LogP contribution in [0.1, 0.15) is 71.0 Å². The predicted molar refractivity (Wildman–Crippen MR) is 229 cm³/mol. The number of hydrogen-bond acceptors (Lipinski definition) is 7. The molecule has 5 aromatic carbocycles. The number of nitrogens with one attached hydrogen (secondary N) is 3. The fraction of sp³-hybridized carbons (Fsp3) is 0.149. The van der Waals surface area contributed by atoms with Gasteiger partial charge in [-0.3, -0.25) is 14.4 Å². The number of carbonyl (C=O) groups excluding carboxylic acids is 4. The molecule has 1 aromatic heterocycles. The van der Waals surface area contributed by atoms with Crippen LogP contribution in [0.25, 0.3) is 6.08 Å². The zero-order valence-electron chi connectivity index (χ0n) is 31.5. The summed E-state index contributed by atoms with van der Waals surface area (Å²) < 4.78 is 5.23. The molecule has 3 N–H and O–H groups in total. The lowest BCUT2D eigenvalue weighted by molar-refractivity contribution is -0.116. The van der Waals surface area contributed by atoms with Gasteiger partial charge in [-0.15, -0.1) is 23.1 Å². The van der Waals surface area contributed by atoms with Crippen LogP contribution >= 0.6 is 23.1 Å². The third-order valence-electron chi connectivity index (χ3n) is 9.87. The van der Waals surface area contributed by atoms with E-state index in [1.54, 1.807) is 48.5 Å². The number of anilines is 2. The molecular formula is C47H41N3O5S2. The number of benzene rings is 5. The average Bonchev–Trinajstić information content (AvgIpc) is 3.60. The van der Waals surface area contributed by atoms with Crippen LogP contribution in [0.4, 0.5) is 10.7 Å². The molecule has 0 radical (unpaired) electrons. The Labute approximate surface area is 340 Å². The summed E-state index contributed by atoms with van der Waals surface area (Å²) in [4.78, 5) is 56.4. The van der Waals surface area contributed by atoms with Crippen LogP contribution in [0.5, 0.6) is 0 Å². The molecule has 0 saturated heterocycles. The second kappa shape index (κ2) is 18.1. The van der Waals surface area contributed by atoms with Gasteiger partial charge in [0.1, 0.15) is 15.9 Å². The van der Waals surface area contributed by atoms with E-state index < -0.39 is 23.0 Å². The molecule has 0 saturated carbocycles. The van der Waals surface area contributed by atoms with Gasteiger partial charge in [-0.1, -0.05) is 109 Å². The number of hydrogen-bond donors (Lipinski definition) is 3. The molecule has 286 valence electrons. The quantitative estimate of drug-likeness (QED) is 0.0646. The molecule has 3 amide bonds. The summed E-state index contributed by atoms with van der Waals surface area (Å²) >= 11 is 2.77. The maximum absolute atomic E-state index is 14.4. The molecule has 2 unspecified atom stereocenters. The summed E-state index contributed by atoms with van der Waals surface area (Å²) in [5, 5.41) is 8.64. The standard InChI is InChI=1S/C47H41N3O5S2/c1-30-15-12-13-22-34(30)27-39(49-43(51)33-20-10-5-11-21-33)44(52)48-36-23-14-24-37(29-36)56-42(32-18-8-4-9-19-32)45(53)50-46-41(47(54)55-2)38-26-25-35(28-40(38)57-46)31-16-6-3-7-17-31/h3-24,27,29,35,42H,25-26,28H2,1-2H3,(H,48,52)(H,49,51)(H,50,53)/b39-27-. The summed E-state index contributed by atoms with van der Waals surface area (Å²) in [5.41, 5.74) is 6.10. The molecule has 10 heteroatoms. The van der Waals surface area contributed by atoms with Crippen molar-refractivity contribution in [3.63, 3.8) is 0 Å². The van der Waals surface area contributed by atoms with Gasteiger partial charge in [0.2, 0.25) is 5.91 Å². The Morgan fingerprint density at radius 2 is 1.49 bits per heavy atom. The molecule has 0 aliphatic heterocycles. The Kier molecular flexibility index (Phi) is 12.4. The molecule has 1 heterocycles. The largest absolute Gasteiger partial charge is 0.465 e. The van der Waals surface area contributed by atoms with Gasteiger partial charge in [-0.2, -0.15) is 0 Å². The molecule has 0 spiro atoms. The van der Waals surface area contributed by atoms with E-state index >= 15 is 0 Å². The Morgan fingerprint density at radius 1 is 0.807 bits per heavy atom. The van der Waals surface area contributed by atoms with Crippen molar-refractivity contribution in [3.05, 3.63) is 189 Å². The number of thioether (sulfide) groups is 1. The van der Waals surface area contributed by atoms with Gasteiger partial charge in [-0.05, 0) is 96.3 Å². The molecule has 7 rings (SSSR count). The maximum atomic E-state index is 14.4. The van der Waals surface area contributed by atoms with Gasteiger partial charge in [0.15, 0.2) is 0 Å². The van der Waals surface area contributed by atoms with Crippen molar-refractivity contribution >= 4 is 63.6 Å². The first-order valence-electron chi connectivity index (χ1n) is 18.6. The zero-order chi connectivity index (χ0) is 39.7. The summed E-state index contributed by atoms with van der Waals surface area (Å²) in [6, 6.07) is 43.4. The van der Waals surface area contributed by atoms with E-state index in [4.69, 9.17) is 4.74 Å². The van der Waals surface area contributed by atoms with Crippen LogP contribution in [0.2, 0.25) is 0 Å². The maximum Gasteiger partial charge on any atom is 0.341 e. The van der Waals surface area contributed by atoms with Crippen molar-refractivity contribution in [2.24, 2.45) is 0 Å². The van der Waals surface area contributed by atoms with Crippen molar-refractivity contribution in [1.82, 2.24) is 5.32 Å². The number of rotatable bonds is 12. The first kappa shape index (κ1) is 39.0. The third kappa shape index (κ3) is 9.43. The van der Waals surface area contributed by atoms with Gasteiger partial charge in [-0.25, -0.2) is 4.79 Å². The van der Waals surface area contributed by atoms with Gasteiger partial charge >= 0.3 is 5.97 Å². The first-order valence-corrected chi connectivity index (χ1v) is 20.3. The highest BCUT2D eigenvalue weighted by Gasteiger charge is 2.32. The number of esters is 1. The Bertz CT molecular complexity index is 2430. The molecule has 6 aromatic rings. The third-order valence-corrected chi connectivity index (χ3v) is 12.3. The number of amides is 3. The van der Waals surface area contributed by atoms with Crippen molar-refractivity contribution in [1.29, 1.82) is 0 Å². The number of methoxy groups -OCH3 is 1. The first-order chi connectivity index (χ1) is 27.8. The van der Waals surface area contributed by atoms with Crippen LogP contribution in [-0.2, 0) is 27.2 Å². The van der Waals surface area contributed by atoms with Crippen LogP contribution in [-0.4, -0.2) is 30.8 Å². The minimum absolute atomic E-state index is 0.0768. The highest BCUT2D eigenvalue weighted by Crippen LogP contribution is 2.44. The van der Waals surface area contributed by atoms with Gasteiger partial charge in [0, 0.05) is 21.0 Å². The van der Waals surface area contributed by atoms with E-state index in [2.05, 4.69) is 28.1 Å². The summed E-state index contributed by atoms with van der Waals surface area (Å²) in [5.74, 6) is -1.36. The Balaban J connectivity index is 1.13. The van der Waals surface area contributed by atoms with Crippen LogP contribution in [0, 0.1) is 6.92 Å². The molecule has 0 bridgehead atoms. The number of carbonyl (C=O) groups is 4. The van der Waals surface area contributed by atoms with Gasteiger partial charge in [0.25, 0.3) is 11.8 Å². The van der Waals surface area contributed by atoms with Gasteiger partial charge < -0.3 is 20.7 Å². The van der Waals surface area contributed by atoms with Crippen LogP contribution < -0.4 is 16.0 Å². The fourth-order valence-electron chi connectivity index (χ4n) is 6.91. The second-order valence-corrected chi connectivity index (χ2v) is 15.9. The lowest BCUT2D eigenvalue weighted by atomic mass is 9.83. The van der Waals surface area contributed by atoms with E-state index in [0.29, 0.717) is 34.2 Å². The predicted octanol–water partition coefficient (Wildman–Crippen LogP) is 10.00. The molecule has 57 heavy (non-hydrogen) atoms. The van der Waals surface area contributed by atoms with E-state index in [0.717, 1.165) is 44.9 Å². The SMILES string of the molecule is COC(=O)c1c(NC(=O)C(Sc2cccc(NC(=O)/C(=C/c3ccccc3C)NC(=O)c3ccccc3)c2)c2ccccc2)sc2c1CCC(c1ccccc1)C2. The van der Waals surface area contributed by atoms with Gasteiger partial charge in [0.05, 0.1) is 12.7 Å². The number of fused-ring (bicyclic) bond motifs is 1. The molecule has 0 fully saturated rings. The number of aryl methyl sites for hydroxylation is 1. The van der Waals surface area contributed by atoms with E-state index in [9.17, 15) is 19.2 Å². The lowest BCUT2D eigenvalue weighted by Gasteiger charge is -2.22. The number of ether oxygens (including phenoxy) is 1. The normalized spacial score (nSPS) is 14.1. The molecule has 1 aliphatic rings. The molecule has 1 aliphatic carbocycles. The van der Waals surface area contributed by atoms with Crippen molar-refractivity contribution in [2.75, 3.05) is 17.7 Å². The second-order valence-electron chi connectivity index (χ2n) is 13.7. The molecule has 2 atom stereocenters. The number of thiophene rings is 1. The lowest BCUT2D eigenvalue weighted by Crippen LogP contribution is -2.30. The molecular weight excluding hydrogens is 751 g/mol. The fourth-order valence-corrected chi connectivity index (χ4v) is 9.31. The van der Waals surface area contributed by atoms with Crippen molar-refractivity contribution in [2.45, 2.75) is 42.2 Å². The monoisotopic (exact) mass is 791 g/mol. The highest BCUT2D eigenvalue weighted by atomic mass is 32.2. The van der Waals surface area contributed by atoms with Crippen molar-refractivity contribution in [3.8, 4) is 0 Å². The van der Waals surface area contributed by atoms with Crippen LogP contribution in [0.3, 0.4) is 0 Å². The average molecular weight is 792 g/mol. The zero-order valence-corrected chi connectivity index (χ0v) is 33.1. The minimum Gasteiger partial charge on any atom is -0.465 e. The smallest absolute Gasteiger partial charge is 0.341 e. The molecule has 8 nitrogen and oxygen atoms in total. The van der Waals surface area contributed by atoms with E-state index in [1.807, 2.05) is 91.9 Å². The minimum atomic E-state index is -0.708.